The summed E-state index contributed by atoms with van der Waals surface area (Å²) in [7, 11) is 4.30. The lowest BCUT2D eigenvalue weighted by molar-refractivity contribution is -0.112. The summed E-state index contributed by atoms with van der Waals surface area (Å²) in [6, 6.07) is 5.63. The van der Waals surface area contributed by atoms with Gasteiger partial charge in [-0.05, 0) is 83.8 Å². The van der Waals surface area contributed by atoms with Crippen molar-refractivity contribution < 1.29 is 9.18 Å². The van der Waals surface area contributed by atoms with Crippen LogP contribution in [0.4, 0.5) is 4.39 Å². The second kappa shape index (κ2) is 12.6. The van der Waals surface area contributed by atoms with Crippen molar-refractivity contribution in [2.24, 2.45) is 10.9 Å². The zero-order valence-corrected chi connectivity index (χ0v) is 21.4. The largest absolute Gasteiger partial charge is 0.372 e. The minimum atomic E-state index is -0.296. The van der Waals surface area contributed by atoms with E-state index in [9.17, 15) is 9.18 Å². The molecule has 0 bridgehead atoms. The molecule has 180 valence electrons. The monoisotopic (exact) mass is 453 g/mol. The van der Waals surface area contributed by atoms with Gasteiger partial charge in [-0.15, -0.1) is 0 Å². The summed E-state index contributed by atoms with van der Waals surface area (Å²) in [6.07, 6.45) is 11.0. The molecule has 1 fully saturated rings. The van der Waals surface area contributed by atoms with Gasteiger partial charge < -0.3 is 9.80 Å². The highest BCUT2D eigenvalue weighted by Crippen LogP contribution is 2.23. The number of allylic oxidation sites excluding steroid dienone is 4. The Bertz CT molecular complexity index is 934. The van der Waals surface area contributed by atoms with E-state index in [0.717, 1.165) is 38.1 Å². The van der Waals surface area contributed by atoms with Crippen LogP contribution in [-0.4, -0.2) is 54.5 Å². The van der Waals surface area contributed by atoms with Gasteiger partial charge in [-0.2, -0.15) is 0 Å². The molecule has 0 spiro atoms. The third-order valence-electron chi connectivity index (χ3n) is 6.45. The van der Waals surface area contributed by atoms with E-state index in [1.807, 2.05) is 6.07 Å². The van der Waals surface area contributed by atoms with Crippen LogP contribution in [-0.2, 0) is 4.79 Å². The normalized spacial score (nSPS) is 17.8. The number of benzene rings is 1. The molecule has 0 radical (unpaired) electrons. The SMILES string of the molecule is C\C=C(/C=C\C(=N/C(=C\C(C)=O)c1ccc(C)c(F)c1)C(C)CC)N1CCC(N(C)C)CC1. The lowest BCUT2D eigenvalue weighted by Crippen LogP contribution is -2.41. The fourth-order valence-corrected chi connectivity index (χ4v) is 3.98. The molecule has 1 aromatic carbocycles. The molecule has 1 aliphatic rings. The van der Waals surface area contributed by atoms with Crippen LogP contribution in [0.2, 0.25) is 0 Å². The molecule has 33 heavy (non-hydrogen) atoms. The van der Waals surface area contributed by atoms with Gasteiger partial charge in [-0.25, -0.2) is 4.39 Å². The molecule has 0 aliphatic carbocycles. The number of carbonyl (C=O) groups excluding carboxylic acids is 1. The number of hydrogen-bond donors (Lipinski definition) is 0. The van der Waals surface area contributed by atoms with E-state index in [0.29, 0.717) is 22.9 Å². The maximum atomic E-state index is 14.2. The zero-order valence-electron chi connectivity index (χ0n) is 21.4. The van der Waals surface area contributed by atoms with Crippen molar-refractivity contribution in [1.29, 1.82) is 0 Å². The molecule has 0 saturated carbocycles. The minimum Gasteiger partial charge on any atom is -0.372 e. The van der Waals surface area contributed by atoms with Crippen LogP contribution in [0.1, 0.15) is 58.1 Å². The number of aryl methyl sites for hydroxylation is 1. The fraction of sp³-hybridized carbons (Fsp3) is 0.500. The third-order valence-corrected chi connectivity index (χ3v) is 6.45. The van der Waals surface area contributed by atoms with E-state index in [1.165, 1.54) is 24.8 Å². The van der Waals surface area contributed by atoms with E-state index in [2.05, 4.69) is 62.9 Å². The van der Waals surface area contributed by atoms with Crippen molar-refractivity contribution in [1.82, 2.24) is 9.80 Å². The van der Waals surface area contributed by atoms with Gasteiger partial charge in [0.2, 0.25) is 0 Å². The van der Waals surface area contributed by atoms with Crippen molar-refractivity contribution in [2.75, 3.05) is 27.2 Å². The summed E-state index contributed by atoms with van der Waals surface area (Å²) in [6.45, 7) is 11.6. The van der Waals surface area contributed by atoms with Crippen molar-refractivity contribution in [2.45, 2.75) is 59.9 Å². The second-order valence-electron chi connectivity index (χ2n) is 9.18. The van der Waals surface area contributed by atoms with Gasteiger partial charge in [0.15, 0.2) is 5.78 Å². The predicted molar refractivity (Wildman–Crippen MR) is 138 cm³/mol. The van der Waals surface area contributed by atoms with E-state index in [-0.39, 0.29) is 17.5 Å². The van der Waals surface area contributed by atoms with Gasteiger partial charge in [0.1, 0.15) is 5.82 Å². The standard InChI is InChI=1S/C28H40FN3O/c1-8-20(3)27(13-12-24(9-2)32-16-14-25(15-17-32)31(6)7)30-28(18-22(5)33)23-11-10-21(4)26(29)19-23/h9-13,18-20,25H,8,14-17H2,1-7H3/b13-12-,24-9+,28-18-,30-27+. The second-order valence-corrected chi connectivity index (χ2v) is 9.18. The Morgan fingerprint density at radius 3 is 2.45 bits per heavy atom. The van der Waals surface area contributed by atoms with Crippen LogP contribution in [0.5, 0.6) is 0 Å². The molecule has 0 aromatic heterocycles. The van der Waals surface area contributed by atoms with Crippen molar-refractivity contribution in [3.8, 4) is 0 Å². The highest BCUT2D eigenvalue weighted by molar-refractivity contribution is 6.03. The zero-order chi connectivity index (χ0) is 24.5. The van der Waals surface area contributed by atoms with Crippen molar-refractivity contribution in [3.63, 3.8) is 0 Å². The number of rotatable bonds is 9. The molecule has 1 unspecified atom stereocenters. The van der Waals surface area contributed by atoms with Gasteiger partial charge in [0.05, 0.1) is 5.70 Å². The molecular weight excluding hydrogens is 413 g/mol. The number of hydrogen-bond acceptors (Lipinski definition) is 4. The van der Waals surface area contributed by atoms with Crippen molar-refractivity contribution in [3.05, 3.63) is 65.1 Å². The lowest BCUT2D eigenvalue weighted by atomic mass is 10.00. The van der Waals surface area contributed by atoms with E-state index in [1.54, 1.807) is 13.0 Å². The number of aliphatic imine (C=N–C) groups is 1. The minimum absolute atomic E-state index is 0.111. The number of carbonyl (C=O) groups is 1. The van der Waals surface area contributed by atoms with E-state index >= 15 is 0 Å². The fourth-order valence-electron chi connectivity index (χ4n) is 3.98. The number of halogens is 1. The Kier molecular flexibility index (Phi) is 10.2. The van der Waals surface area contributed by atoms with Crippen LogP contribution in [0.3, 0.4) is 0 Å². The van der Waals surface area contributed by atoms with Crippen LogP contribution >= 0.6 is 0 Å². The first-order valence-electron chi connectivity index (χ1n) is 12.0. The number of piperidine rings is 1. The van der Waals surface area contributed by atoms with Gasteiger partial charge in [-0.3, -0.25) is 9.79 Å². The molecule has 1 aliphatic heterocycles. The Hall–Kier alpha value is -2.53. The molecule has 5 heteroatoms. The van der Waals surface area contributed by atoms with Crippen LogP contribution in [0.25, 0.3) is 5.70 Å². The topological polar surface area (TPSA) is 35.9 Å². The summed E-state index contributed by atoms with van der Waals surface area (Å²) in [5.41, 5.74) is 3.74. The first kappa shape index (κ1) is 26.7. The highest BCUT2D eigenvalue weighted by Gasteiger charge is 2.21. The maximum Gasteiger partial charge on any atom is 0.154 e. The molecule has 4 nitrogen and oxygen atoms in total. The Morgan fingerprint density at radius 1 is 1.27 bits per heavy atom. The van der Waals surface area contributed by atoms with E-state index in [4.69, 9.17) is 4.99 Å². The number of nitrogens with zero attached hydrogens (tertiary/aromatic N) is 3. The average molecular weight is 454 g/mol. The Labute approximate surface area is 199 Å². The first-order chi connectivity index (χ1) is 15.7. The third kappa shape index (κ3) is 7.78. The van der Waals surface area contributed by atoms with Gasteiger partial charge in [0.25, 0.3) is 0 Å². The molecular formula is C28H40FN3O. The molecule has 2 rings (SSSR count). The lowest BCUT2D eigenvalue weighted by Gasteiger charge is -2.37. The highest BCUT2D eigenvalue weighted by atomic mass is 19.1. The number of likely N-dealkylation sites (tertiary alicyclic amines) is 1. The smallest absolute Gasteiger partial charge is 0.154 e. The Morgan fingerprint density at radius 2 is 1.94 bits per heavy atom. The van der Waals surface area contributed by atoms with Gasteiger partial charge in [-0.1, -0.05) is 32.1 Å². The molecule has 1 aromatic rings. The summed E-state index contributed by atoms with van der Waals surface area (Å²) < 4.78 is 14.2. The maximum absolute atomic E-state index is 14.2. The van der Waals surface area contributed by atoms with Crippen LogP contribution in [0, 0.1) is 18.7 Å². The molecule has 1 saturated heterocycles. The van der Waals surface area contributed by atoms with Crippen molar-refractivity contribution >= 4 is 17.2 Å². The molecule has 0 N–H and O–H groups in total. The predicted octanol–water partition coefficient (Wildman–Crippen LogP) is 6.04. The Balaban J connectivity index is 2.35. The van der Waals surface area contributed by atoms with E-state index < -0.39 is 0 Å². The quantitative estimate of drug-likeness (QED) is 0.260. The van der Waals surface area contributed by atoms with Gasteiger partial charge >= 0.3 is 0 Å². The van der Waals surface area contributed by atoms with Gasteiger partial charge in [0, 0.05) is 42.2 Å². The average Bonchev–Trinajstić information content (AvgIpc) is 2.79. The summed E-state index contributed by atoms with van der Waals surface area (Å²) in [4.78, 5) is 21.5. The molecule has 1 atom stereocenters. The summed E-state index contributed by atoms with van der Waals surface area (Å²) in [5, 5.41) is 0. The molecule has 0 amide bonds. The summed E-state index contributed by atoms with van der Waals surface area (Å²) >= 11 is 0. The molecule has 1 heterocycles. The first-order valence-corrected chi connectivity index (χ1v) is 12.0. The van der Waals surface area contributed by atoms with Crippen LogP contribution < -0.4 is 0 Å². The number of ketones is 1. The summed E-state index contributed by atoms with van der Waals surface area (Å²) in [5.74, 6) is -0.209. The van der Waals surface area contributed by atoms with Crippen LogP contribution in [0.15, 0.2) is 53.2 Å².